The number of hydrogen-bond donors (Lipinski definition) is 0. The van der Waals surface area contributed by atoms with Crippen LogP contribution in [0.4, 0.5) is 0 Å². The number of fused-ring (bicyclic) bond motifs is 3. The Morgan fingerprint density at radius 3 is 1.65 bits per heavy atom. The van der Waals surface area contributed by atoms with E-state index < -0.39 is 0 Å². The molecular weight excluding hydrogens is 310 g/mol. The molecule has 20 heavy (non-hydrogen) atoms. The van der Waals surface area contributed by atoms with Crippen molar-refractivity contribution in [2.24, 2.45) is 0 Å². The highest BCUT2D eigenvalue weighted by Gasteiger charge is 2.34. The molecule has 0 aliphatic heterocycles. The normalized spacial score (nSPS) is 12.4. The smallest absolute Gasteiger partial charge is 0.210 e. The number of pyridine rings is 1. The molecule has 2 aromatic carbocycles. The first-order valence-electron chi connectivity index (χ1n) is 6.59. The molecule has 4 rings (SSSR count). The predicted molar refractivity (Wildman–Crippen MR) is 75.8 cm³/mol. The fraction of sp³-hybridized carbons (Fsp3) is 0.0556. The van der Waals surface area contributed by atoms with Gasteiger partial charge in [0, 0.05) is 23.3 Å². The molecular formula is C18H14BrN. The average molecular weight is 324 g/mol. The maximum absolute atomic E-state index is 2.28. The second-order valence-electron chi connectivity index (χ2n) is 4.90. The molecule has 98 valence electrons. The van der Waals surface area contributed by atoms with Gasteiger partial charge in [0.05, 0.1) is 0 Å². The zero-order chi connectivity index (χ0) is 12.7. The summed E-state index contributed by atoms with van der Waals surface area (Å²) in [5.41, 5.74) is 5.50. The lowest BCUT2D eigenvalue weighted by Crippen LogP contribution is -3.00. The fourth-order valence-electron chi connectivity index (χ4n) is 3.03. The predicted octanol–water partition coefficient (Wildman–Crippen LogP) is 0.596. The number of hydrogen-bond acceptors (Lipinski definition) is 0. The molecule has 2 heteroatoms. The lowest BCUT2D eigenvalue weighted by atomic mass is 10.1. The molecule has 0 radical (unpaired) electrons. The number of nitrogens with zero attached hydrogens (tertiary/aromatic N) is 1. The van der Waals surface area contributed by atoms with Crippen molar-refractivity contribution in [3.05, 3.63) is 90.3 Å². The quantitative estimate of drug-likeness (QED) is 0.452. The summed E-state index contributed by atoms with van der Waals surface area (Å²) >= 11 is 0. The molecule has 0 fully saturated rings. The zero-order valence-corrected chi connectivity index (χ0v) is 12.5. The topological polar surface area (TPSA) is 3.88 Å². The van der Waals surface area contributed by atoms with Crippen LogP contribution in [0, 0.1) is 0 Å². The Kier molecular flexibility index (Phi) is 3.41. The van der Waals surface area contributed by atoms with E-state index in [0.29, 0.717) is 6.04 Å². The maximum Gasteiger partial charge on any atom is 0.210 e. The van der Waals surface area contributed by atoms with Gasteiger partial charge in [0.15, 0.2) is 12.4 Å². The first-order chi connectivity index (χ1) is 9.45. The number of rotatable bonds is 1. The lowest BCUT2D eigenvalue weighted by Gasteiger charge is -2.08. The van der Waals surface area contributed by atoms with Gasteiger partial charge in [0.1, 0.15) is 0 Å². The first kappa shape index (κ1) is 13.1. The average Bonchev–Trinajstić information content (AvgIpc) is 2.83. The van der Waals surface area contributed by atoms with E-state index in [0.717, 1.165) is 0 Å². The van der Waals surface area contributed by atoms with Crippen LogP contribution < -0.4 is 21.5 Å². The van der Waals surface area contributed by atoms with Crippen LogP contribution in [0.15, 0.2) is 79.1 Å². The molecule has 0 N–H and O–H groups in total. The van der Waals surface area contributed by atoms with E-state index in [1.165, 1.54) is 22.3 Å². The largest absolute Gasteiger partial charge is 1.00 e. The molecule has 1 heterocycles. The minimum absolute atomic E-state index is 0. The Morgan fingerprint density at radius 2 is 1.10 bits per heavy atom. The van der Waals surface area contributed by atoms with Gasteiger partial charge in [-0.25, -0.2) is 0 Å². The van der Waals surface area contributed by atoms with Crippen LogP contribution in [0.5, 0.6) is 0 Å². The van der Waals surface area contributed by atoms with Crippen LogP contribution in [-0.4, -0.2) is 0 Å². The van der Waals surface area contributed by atoms with Gasteiger partial charge in [-0.1, -0.05) is 54.6 Å². The van der Waals surface area contributed by atoms with Crippen molar-refractivity contribution in [3.63, 3.8) is 0 Å². The minimum Gasteiger partial charge on any atom is -1.00 e. The monoisotopic (exact) mass is 323 g/mol. The van der Waals surface area contributed by atoms with E-state index in [9.17, 15) is 0 Å². The van der Waals surface area contributed by atoms with Crippen molar-refractivity contribution in [1.29, 1.82) is 0 Å². The second-order valence-corrected chi connectivity index (χ2v) is 4.90. The van der Waals surface area contributed by atoms with Gasteiger partial charge in [-0.15, -0.1) is 0 Å². The highest BCUT2D eigenvalue weighted by Crippen LogP contribution is 2.42. The summed E-state index contributed by atoms with van der Waals surface area (Å²) < 4.78 is 2.28. The molecule has 1 nitrogen and oxygen atoms in total. The summed E-state index contributed by atoms with van der Waals surface area (Å²) in [5, 5.41) is 0. The van der Waals surface area contributed by atoms with E-state index in [-0.39, 0.29) is 17.0 Å². The molecule has 0 amide bonds. The summed E-state index contributed by atoms with van der Waals surface area (Å²) in [6.07, 6.45) is 4.28. The minimum atomic E-state index is 0. The molecule has 3 aromatic rings. The van der Waals surface area contributed by atoms with Crippen molar-refractivity contribution in [1.82, 2.24) is 0 Å². The standard InChI is InChI=1S/C18H14N.BrH/c1-6-12-19(13-7-1)18-16-10-4-2-8-14(16)15-9-3-5-11-17(15)18;/h1-13,18H;1H/q+1;/p-1. The van der Waals surface area contributed by atoms with Crippen LogP contribution >= 0.6 is 0 Å². The van der Waals surface area contributed by atoms with Crippen molar-refractivity contribution < 1.29 is 21.5 Å². The maximum atomic E-state index is 2.28. The van der Waals surface area contributed by atoms with Gasteiger partial charge in [-0.3, -0.25) is 0 Å². The molecule has 0 unspecified atom stereocenters. The summed E-state index contributed by atoms with van der Waals surface area (Å²) in [7, 11) is 0. The SMILES string of the molecule is [Br-].c1cc[n+](C2c3ccccc3-c3ccccc32)cc1. The summed E-state index contributed by atoms with van der Waals surface area (Å²) in [6.45, 7) is 0. The Bertz CT molecular complexity index is 692. The van der Waals surface area contributed by atoms with Crippen LogP contribution in [0.2, 0.25) is 0 Å². The van der Waals surface area contributed by atoms with Gasteiger partial charge >= 0.3 is 0 Å². The molecule has 1 aliphatic rings. The first-order valence-corrected chi connectivity index (χ1v) is 6.59. The van der Waals surface area contributed by atoms with E-state index in [2.05, 4.69) is 83.7 Å². The third-order valence-electron chi connectivity index (χ3n) is 3.84. The summed E-state index contributed by atoms with van der Waals surface area (Å²) in [4.78, 5) is 0. The number of aromatic nitrogens is 1. The van der Waals surface area contributed by atoms with Gasteiger partial charge in [0.25, 0.3) is 0 Å². The molecule has 0 bridgehead atoms. The van der Waals surface area contributed by atoms with Gasteiger partial charge in [-0.2, -0.15) is 4.57 Å². The van der Waals surface area contributed by atoms with Crippen molar-refractivity contribution in [2.75, 3.05) is 0 Å². The van der Waals surface area contributed by atoms with Crippen molar-refractivity contribution in [2.45, 2.75) is 6.04 Å². The molecule has 1 aliphatic carbocycles. The molecule has 0 saturated carbocycles. The Hall–Kier alpha value is -1.93. The molecule has 0 saturated heterocycles. The third kappa shape index (κ3) is 1.88. The summed E-state index contributed by atoms with van der Waals surface area (Å²) in [5.74, 6) is 0. The van der Waals surface area contributed by atoms with Crippen LogP contribution in [0.3, 0.4) is 0 Å². The van der Waals surface area contributed by atoms with E-state index in [1.807, 2.05) is 0 Å². The van der Waals surface area contributed by atoms with Crippen LogP contribution in [-0.2, 0) is 0 Å². The van der Waals surface area contributed by atoms with Crippen molar-refractivity contribution in [3.8, 4) is 11.1 Å². The molecule has 1 aromatic heterocycles. The number of benzene rings is 2. The van der Waals surface area contributed by atoms with Gasteiger partial charge in [0.2, 0.25) is 6.04 Å². The highest BCUT2D eigenvalue weighted by atomic mass is 79.9. The molecule has 0 spiro atoms. The second kappa shape index (κ2) is 5.22. The van der Waals surface area contributed by atoms with Crippen LogP contribution in [0.1, 0.15) is 17.2 Å². The van der Waals surface area contributed by atoms with E-state index >= 15 is 0 Å². The Morgan fingerprint density at radius 1 is 0.600 bits per heavy atom. The summed E-state index contributed by atoms with van der Waals surface area (Å²) in [6, 6.07) is 23.9. The molecule has 0 atom stereocenters. The highest BCUT2D eigenvalue weighted by molar-refractivity contribution is 5.77. The van der Waals surface area contributed by atoms with Gasteiger partial charge < -0.3 is 17.0 Å². The van der Waals surface area contributed by atoms with Gasteiger partial charge in [-0.05, 0) is 11.1 Å². The lowest BCUT2D eigenvalue weighted by molar-refractivity contribution is -0.704. The van der Waals surface area contributed by atoms with Crippen LogP contribution in [0.25, 0.3) is 11.1 Å². The van der Waals surface area contributed by atoms with E-state index in [4.69, 9.17) is 0 Å². The number of halogens is 1. The van der Waals surface area contributed by atoms with E-state index in [1.54, 1.807) is 0 Å². The Labute approximate surface area is 129 Å². The van der Waals surface area contributed by atoms with Crippen molar-refractivity contribution >= 4 is 0 Å². The zero-order valence-electron chi connectivity index (χ0n) is 10.9. The third-order valence-corrected chi connectivity index (χ3v) is 3.84. The Balaban J connectivity index is 0.00000121. The fourth-order valence-corrected chi connectivity index (χ4v) is 3.03.